The van der Waals surface area contributed by atoms with Crippen LogP contribution in [-0.4, -0.2) is 42.4 Å². The van der Waals surface area contributed by atoms with Gasteiger partial charge in [0.05, 0.1) is 12.2 Å². The number of aliphatic hydroxyl groups is 1. The van der Waals surface area contributed by atoms with E-state index < -0.39 is 45.1 Å². The summed E-state index contributed by atoms with van der Waals surface area (Å²) in [6, 6.07) is 0. The molecule has 0 spiro atoms. The normalized spacial score (nSPS) is 16.9. The minimum atomic E-state index is -4.28. The zero-order valence-corrected chi connectivity index (χ0v) is 14.2. The maximum atomic E-state index is 15.1. The van der Waals surface area contributed by atoms with Gasteiger partial charge in [0.1, 0.15) is 7.14 Å². The van der Waals surface area contributed by atoms with Crippen molar-refractivity contribution in [2.75, 3.05) is 19.9 Å². The molecule has 116 valence electrons. The van der Waals surface area contributed by atoms with Crippen molar-refractivity contribution in [1.82, 2.24) is 0 Å². The van der Waals surface area contributed by atoms with E-state index in [-0.39, 0.29) is 0 Å². The largest absolute Gasteiger partial charge is 0.396 e. The maximum absolute atomic E-state index is 15.1. The third kappa shape index (κ3) is 4.64. The molecule has 0 fully saturated rings. The van der Waals surface area contributed by atoms with Crippen LogP contribution in [0.1, 0.15) is 34.1 Å². The van der Waals surface area contributed by atoms with E-state index >= 15 is 4.39 Å². The Labute approximate surface area is 114 Å². The maximum Gasteiger partial charge on any atom is 0.375 e. The molecule has 19 heavy (non-hydrogen) atoms. The van der Waals surface area contributed by atoms with Crippen LogP contribution in [0.5, 0.6) is 0 Å². The predicted octanol–water partition coefficient (Wildman–Crippen LogP) is 3.66. The number of alkyl halides is 1. The molecular formula is C11H25FO5P2. The van der Waals surface area contributed by atoms with Gasteiger partial charge in [-0.25, -0.2) is 4.39 Å². The summed E-state index contributed by atoms with van der Waals surface area (Å²) in [7, 11) is -7.76. The molecule has 0 heterocycles. The molecule has 8 heteroatoms. The van der Waals surface area contributed by atoms with Gasteiger partial charge < -0.3 is 18.7 Å². The molecule has 0 rings (SSSR count). The Morgan fingerprint density at radius 3 is 1.68 bits per heavy atom. The fourth-order valence-corrected chi connectivity index (χ4v) is 6.72. The third-order valence-corrected chi connectivity index (χ3v) is 8.89. The van der Waals surface area contributed by atoms with Crippen molar-refractivity contribution in [2.45, 2.75) is 51.5 Å². The molecule has 0 aliphatic rings. The summed E-state index contributed by atoms with van der Waals surface area (Å²) in [6.07, 6.45) is -1.65. The van der Waals surface area contributed by atoms with Crippen LogP contribution in [0.15, 0.2) is 0 Å². The Balaban J connectivity index is 5.76. The molecule has 0 aliphatic heterocycles. The van der Waals surface area contributed by atoms with E-state index in [1.54, 1.807) is 27.7 Å². The monoisotopic (exact) mass is 318 g/mol. The van der Waals surface area contributed by atoms with Gasteiger partial charge in [-0.05, 0) is 41.0 Å². The number of hydrogen-bond donors (Lipinski definition) is 1. The van der Waals surface area contributed by atoms with Gasteiger partial charge in [0.25, 0.3) is 5.15 Å². The molecule has 0 amide bonds. The molecule has 0 bridgehead atoms. The Morgan fingerprint density at radius 1 is 1.11 bits per heavy atom. The van der Waals surface area contributed by atoms with Crippen molar-refractivity contribution < 1.29 is 27.7 Å². The molecule has 1 atom stereocenters. The van der Waals surface area contributed by atoms with Crippen LogP contribution >= 0.6 is 14.7 Å². The van der Waals surface area contributed by atoms with Crippen molar-refractivity contribution in [3.63, 3.8) is 0 Å². The van der Waals surface area contributed by atoms with Gasteiger partial charge in [0.15, 0.2) is 0 Å². The Morgan fingerprint density at radius 2 is 1.47 bits per heavy atom. The zero-order chi connectivity index (χ0) is 15.5. The number of hydrogen-bond acceptors (Lipinski definition) is 5. The van der Waals surface area contributed by atoms with E-state index in [4.69, 9.17) is 14.2 Å². The lowest BCUT2D eigenvalue weighted by molar-refractivity contribution is 0.106. The minimum absolute atomic E-state index is 0.548. The first-order valence-electron chi connectivity index (χ1n) is 6.21. The molecule has 5 nitrogen and oxygen atoms in total. The van der Waals surface area contributed by atoms with Gasteiger partial charge in [-0.2, -0.15) is 0 Å². The summed E-state index contributed by atoms with van der Waals surface area (Å²) in [4.78, 5) is 0. The van der Waals surface area contributed by atoms with Crippen molar-refractivity contribution in [3.8, 4) is 0 Å². The van der Waals surface area contributed by atoms with E-state index in [0.717, 1.165) is 0 Å². The number of aliphatic hydroxyl groups excluding tert-OH is 1. The number of rotatable bonds is 8. The highest BCUT2D eigenvalue weighted by molar-refractivity contribution is 7.78. The molecule has 0 aliphatic carbocycles. The van der Waals surface area contributed by atoms with Crippen molar-refractivity contribution in [3.05, 3.63) is 0 Å². The van der Waals surface area contributed by atoms with Crippen LogP contribution in [-0.2, 0) is 18.2 Å². The van der Waals surface area contributed by atoms with Crippen LogP contribution in [0.2, 0.25) is 0 Å². The summed E-state index contributed by atoms with van der Waals surface area (Å²) in [5, 5.41) is 6.33. The lowest BCUT2D eigenvalue weighted by Crippen LogP contribution is -2.29. The molecular weight excluding hydrogens is 293 g/mol. The van der Waals surface area contributed by atoms with Crippen LogP contribution in [0.4, 0.5) is 4.39 Å². The Hall–Kier alpha value is 0.270. The highest BCUT2D eigenvalue weighted by Gasteiger charge is 2.60. The Kier molecular flexibility index (Phi) is 6.92. The van der Waals surface area contributed by atoms with Gasteiger partial charge in [-0.15, -0.1) is 0 Å². The average molecular weight is 318 g/mol. The van der Waals surface area contributed by atoms with E-state index in [1.807, 2.05) is 0 Å². The predicted molar refractivity (Wildman–Crippen MR) is 75.0 cm³/mol. The molecule has 0 aromatic heterocycles. The summed E-state index contributed by atoms with van der Waals surface area (Å²) in [5.74, 6) is 0. The summed E-state index contributed by atoms with van der Waals surface area (Å²) in [5.41, 5.74) is 0. The van der Waals surface area contributed by atoms with Gasteiger partial charge in [-0.1, -0.05) is 0 Å². The van der Waals surface area contributed by atoms with Gasteiger partial charge >= 0.3 is 7.60 Å². The van der Waals surface area contributed by atoms with E-state index in [9.17, 15) is 9.13 Å². The van der Waals surface area contributed by atoms with Crippen LogP contribution in [0.25, 0.3) is 0 Å². The highest BCUT2D eigenvalue weighted by Crippen LogP contribution is 2.77. The first kappa shape index (κ1) is 19.3. The molecule has 0 saturated heterocycles. The summed E-state index contributed by atoms with van der Waals surface area (Å²) >= 11 is 0. The first-order valence-corrected chi connectivity index (χ1v) is 10.4. The van der Waals surface area contributed by atoms with E-state index in [2.05, 4.69) is 0 Å². The fourth-order valence-electron chi connectivity index (χ4n) is 1.58. The van der Waals surface area contributed by atoms with E-state index in [0.29, 0.717) is 0 Å². The lowest BCUT2D eigenvalue weighted by Gasteiger charge is -2.36. The first-order chi connectivity index (χ1) is 8.39. The van der Waals surface area contributed by atoms with Crippen LogP contribution in [0, 0.1) is 0 Å². The second-order valence-corrected chi connectivity index (χ2v) is 11.2. The second-order valence-electron chi connectivity index (χ2n) is 5.35. The van der Waals surface area contributed by atoms with Gasteiger partial charge in [0, 0.05) is 13.0 Å². The fraction of sp³-hybridized carbons (Fsp3) is 1.00. The number of halogens is 1. The minimum Gasteiger partial charge on any atom is -0.396 e. The van der Waals surface area contributed by atoms with Gasteiger partial charge in [0.2, 0.25) is 0 Å². The van der Waals surface area contributed by atoms with Crippen LogP contribution in [0.3, 0.4) is 0 Å². The van der Waals surface area contributed by atoms with Crippen molar-refractivity contribution >= 4 is 14.7 Å². The molecule has 0 aromatic carbocycles. The summed E-state index contributed by atoms with van der Waals surface area (Å²) < 4.78 is 50.5. The highest BCUT2D eigenvalue weighted by atomic mass is 31.2. The third-order valence-electron chi connectivity index (χ3n) is 2.37. The van der Waals surface area contributed by atoms with Gasteiger partial charge in [-0.3, -0.25) is 4.57 Å². The quantitative estimate of drug-likeness (QED) is 0.691. The van der Waals surface area contributed by atoms with Crippen molar-refractivity contribution in [1.29, 1.82) is 0 Å². The summed E-state index contributed by atoms with van der Waals surface area (Å²) in [6.45, 7) is 8.14. The molecule has 0 radical (unpaired) electrons. The SMILES string of the molecule is CC(C)OP(=O)(OC(C)C)C(F)(CCO)P(C)(C)=O. The standard InChI is InChI=1S/C11H25FO5P2/c1-9(2)16-19(15,17-10(3)4)11(12,7-8-13)18(5,6)14/h9-10,13H,7-8H2,1-6H3. The topological polar surface area (TPSA) is 72.8 Å². The average Bonchev–Trinajstić information content (AvgIpc) is 2.12. The zero-order valence-electron chi connectivity index (χ0n) is 12.4. The Bertz CT molecular complexity index is 365. The second kappa shape index (κ2) is 6.82. The lowest BCUT2D eigenvalue weighted by atomic mass is 10.5. The van der Waals surface area contributed by atoms with E-state index in [1.165, 1.54) is 13.3 Å². The van der Waals surface area contributed by atoms with Crippen molar-refractivity contribution in [2.24, 2.45) is 0 Å². The molecule has 0 saturated carbocycles. The smallest absolute Gasteiger partial charge is 0.375 e. The van der Waals surface area contributed by atoms with Crippen LogP contribution < -0.4 is 0 Å². The molecule has 1 N–H and O–H groups in total. The molecule has 0 aromatic rings. The molecule has 1 unspecified atom stereocenters.